The number of aromatic nitrogens is 2. The molecule has 0 radical (unpaired) electrons. The molecule has 1 aromatic heterocycles. The first-order valence-corrected chi connectivity index (χ1v) is 10.5. The Morgan fingerprint density at radius 2 is 1.82 bits per heavy atom. The number of esters is 1. The van der Waals surface area contributed by atoms with Crippen molar-refractivity contribution in [2.75, 3.05) is 24.4 Å². The summed E-state index contributed by atoms with van der Waals surface area (Å²) in [6.07, 6.45) is -0.0817. The van der Waals surface area contributed by atoms with Gasteiger partial charge in [-0.3, -0.25) is 9.59 Å². The van der Waals surface area contributed by atoms with E-state index in [4.69, 9.17) is 9.47 Å². The van der Waals surface area contributed by atoms with Gasteiger partial charge in [0, 0.05) is 16.8 Å². The third-order valence-electron chi connectivity index (χ3n) is 5.41. The van der Waals surface area contributed by atoms with Crippen LogP contribution in [0.25, 0.3) is 11.3 Å². The molecular formula is C24H24N4O5. The standard InChI is InChI=1S/C24H24N4O5/c1-4-33-24(31)16-5-9-17(10-6-16)25-20(29)13-19-23(30)26-22-14(2)21(27-28(19)22)15-7-11-18(32-3)12-8-15/h5-12,19H,4,13H2,1-3H3,(H,25,29)(H,26,30)/t19-/m1/s1. The second kappa shape index (κ2) is 9.15. The number of anilines is 2. The minimum Gasteiger partial charge on any atom is -0.497 e. The topological polar surface area (TPSA) is 112 Å². The molecule has 33 heavy (non-hydrogen) atoms. The van der Waals surface area contributed by atoms with Crippen LogP contribution < -0.4 is 15.4 Å². The average Bonchev–Trinajstić information content (AvgIpc) is 3.29. The van der Waals surface area contributed by atoms with Crippen LogP contribution in [0.15, 0.2) is 48.5 Å². The maximum absolute atomic E-state index is 12.6. The Labute approximate surface area is 190 Å². The zero-order valence-electron chi connectivity index (χ0n) is 18.5. The highest BCUT2D eigenvalue weighted by Gasteiger charge is 2.35. The number of hydrogen-bond donors (Lipinski definition) is 2. The van der Waals surface area contributed by atoms with E-state index >= 15 is 0 Å². The molecule has 2 amide bonds. The van der Waals surface area contributed by atoms with Crippen LogP contribution in [-0.2, 0) is 14.3 Å². The molecule has 1 atom stereocenters. The van der Waals surface area contributed by atoms with Gasteiger partial charge in [-0.05, 0) is 62.4 Å². The third kappa shape index (κ3) is 4.43. The number of carbonyl (C=O) groups excluding carboxylic acids is 3. The first-order chi connectivity index (χ1) is 15.9. The molecule has 170 valence electrons. The second-order valence-electron chi connectivity index (χ2n) is 7.55. The number of nitrogens with zero attached hydrogens (tertiary/aromatic N) is 2. The van der Waals surface area contributed by atoms with E-state index in [1.807, 2.05) is 31.2 Å². The van der Waals surface area contributed by atoms with Crippen LogP contribution in [0.3, 0.4) is 0 Å². The van der Waals surface area contributed by atoms with E-state index in [1.54, 1.807) is 43.0 Å². The van der Waals surface area contributed by atoms with Crippen molar-refractivity contribution >= 4 is 29.3 Å². The minimum absolute atomic E-state index is 0.0817. The SMILES string of the molecule is CCOC(=O)c1ccc(NC(=O)C[C@@H]2C(=O)Nc3c(C)c(-c4ccc(OC)cc4)nn32)cc1. The Hall–Kier alpha value is -4.14. The van der Waals surface area contributed by atoms with E-state index in [-0.39, 0.29) is 24.8 Å². The van der Waals surface area contributed by atoms with E-state index < -0.39 is 12.0 Å². The molecule has 3 aromatic rings. The maximum atomic E-state index is 12.6. The number of ether oxygens (including phenoxy) is 2. The number of methoxy groups -OCH3 is 1. The lowest BCUT2D eigenvalue weighted by Gasteiger charge is -2.11. The fourth-order valence-electron chi connectivity index (χ4n) is 3.70. The van der Waals surface area contributed by atoms with Crippen LogP contribution in [0.2, 0.25) is 0 Å². The van der Waals surface area contributed by atoms with Gasteiger partial charge in [0.2, 0.25) is 5.91 Å². The average molecular weight is 448 g/mol. The van der Waals surface area contributed by atoms with Gasteiger partial charge in [0.15, 0.2) is 0 Å². The first kappa shape index (κ1) is 22.1. The smallest absolute Gasteiger partial charge is 0.338 e. The van der Waals surface area contributed by atoms with Crippen LogP contribution in [0, 0.1) is 6.92 Å². The van der Waals surface area contributed by atoms with Gasteiger partial charge in [0.05, 0.1) is 31.4 Å². The van der Waals surface area contributed by atoms with E-state index in [2.05, 4.69) is 15.7 Å². The summed E-state index contributed by atoms with van der Waals surface area (Å²) in [5, 5.41) is 10.2. The molecule has 0 fully saturated rings. The lowest BCUT2D eigenvalue weighted by Crippen LogP contribution is -2.23. The Morgan fingerprint density at radius 1 is 1.12 bits per heavy atom. The molecule has 9 heteroatoms. The van der Waals surface area contributed by atoms with Gasteiger partial charge in [-0.25, -0.2) is 9.48 Å². The van der Waals surface area contributed by atoms with Gasteiger partial charge in [0.25, 0.3) is 5.91 Å². The number of carbonyl (C=O) groups is 3. The molecule has 2 N–H and O–H groups in total. The van der Waals surface area contributed by atoms with Crippen molar-refractivity contribution in [3.05, 3.63) is 59.7 Å². The van der Waals surface area contributed by atoms with Crippen molar-refractivity contribution in [3.63, 3.8) is 0 Å². The number of amides is 2. The largest absolute Gasteiger partial charge is 0.497 e. The zero-order chi connectivity index (χ0) is 23.5. The summed E-state index contributed by atoms with van der Waals surface area (Å²) >= 11 is 0. The van der Waals surface area contributed by atoms with Crippen molar-refractivity contribution in [2.24, 2.45) is 0 Å². The van der Waals surface area contributed by atoms with Crippen molar-refractivity contribution in [3.8, 4) is 17.0 Å². The highest BCUT2D eigenvalue weighted by atomic mass is 16.5. The van der Waals surface area contributed by atoms with Crippen LogP contribution in [0.4, 0.5) is 11.5 Å². The van der Waals surface area contributed by atoms with E-state index in [1.165, 1.54) is 0 Å². The fraction of sp³-hybridized carbons (Fsp3) is 0.250. The zero-order valence-corrected chi connectivity index (χ0v) is 18.5. The number of rotatable bonds is 7. The monoisotopic (exact) mass is 448 g/mol. The van der Waals surface area contributed by atoms with Crippen molar-refractivity contribution in [1.29, 1.82) is 0 Å². The molecule has 0 spiro atoms. The lowest BCUT2D eigenvalue weighted by atomic mass is 10.1. The van der Waals surface area contributed by atoms with Crippen molar-refractivity contribution in [1.82, 2.24) is 9.78 Å². The van der Waals surface area contributed by atoms with Gasteiger partial charge in [-0.15, -0.1) is 0 Å². The van der Waals surface area contributed by atoms with Crippen LogP contribution in [-0.4, -0.2) is 41.3 Å². The summed E-state index contributed by atoms with van der Waals surface area (Å²) in [7, 11) is 1.60. The summed E-state index contributed by atoms with van der Waals surface area (Å²) in [6, 6.07) is 13.1. The van der Waals surface area contributed by atoms with Crippen LogP contribution in [0.1, 0.15) is 35.3 Å². The van der Waals surface area contributed by atoms with Gasteiger partial charge in [-0.2, -0.15) is 5.10 Å². The minimum atomic E-state index is -0.760. The molecule has 2 aromatic carbocycles. The molecule has 0 aliphatic carbocycles. The molecule has 0 saturated heterocycles. The predicted molar refractivity (Wildman–Crippen MR) is 122 cm³/mol. The van der Waals surface area contributed by atoms with Crippen LogP contribution >= 0.6 is 0 Å². The molecule has 2 heterocycles. The molecule has 1 aliphatic heterocycles. The van der Waals surface area contributed by atoms with Crippen LogP contribution in [0.5, 0.6) is 5.75 Å². The van der Waals surface area contributed by atoms with E-state index in [0.717, 1.165) is 22.6 Å². The Bertz CT molecular complexity index is 1200. The molecule has 1 aliphatic rings. The van der Waals surface area contributed by atoms with E-state index in [0.29, 0.717) is 17.1 Å². The van der Waals surface area contributed by atoms with Crippen molar-refractivity contribution in [2.45, 2.75) is 26.3 Å². The second-order valence-corrected chi connectivity index (χ2v) is 7.55. The maximum Gasteiger partial charge on any atom is 0.338 e. The summed E-state index contributed by atoms with van der Waals surface area (Å²) in [4.78, 5) is 36.9. The molecule has 9 nitrogen and oxygen atoms in total. The predicted octanol–water partition coefficient (Wildman–Crippen LogP) is 3.57. The molecule has 0 unspecified atom stereocenters. The number of fused-ring (bicyclic) bond motifs is 1. The quantitative estimate of drug-likeness (QED) is 0.535. The Balaban J connectivity index is 1.48. The number of benzene rings is 2. The van der Waals surface area contributed by atoms with Gasteiger partial charge in [0.1, 0.15) is 17.6 Å². The number of nitrogens with one attached hydrogen (secondary N) is 2. The highest BCUT2D eigenvalue weighted by molar-refractivity contribution is 6.02. The molecule has 0 bridgehead atoms. The fourth-order valence-corrected chi connectivity index (χ4v) is 3.70. The Kier molecular flexibility index (Phi) is 6.12. The van der Waals surface area contributed by atoms with Gasteiger partial charge < -0.3 is 20.1 Å². The highest BCUT2D eigenvalue weighted by Crippen LogP contribution is 2.36. The summed E-state index contributed by atoms with van der Waals surface area (Å²) in [5.74, 6) is 0.275. The molecule has 0 saturated carbocycles. The third-order valence-corrected chi connectivity index (χ3v) is 5.41. The normalized spacial score (nSPS) is 14.4. The van der Waals surface area contributed by atoms with E-state index in [9.17, 15) is 14.4 Å². The number of hydrogen-bond acceptors (Lipinski definition) is 6. The van der Waals surface area contributed by atoms with Crippen molar-refractivity contribution < 1.29 is 23.9 Å². The first-order valence-electron chi connectivity index (χ1n) is 10.5. The molecule has 4 rings (SSSR count). The Morgan fingerprint density at radius 3 is 2.45 bits per heavy atom. The van der Waals surface area contributed by atoms with Gasteiger partial charge in [-0.1, -0.05) is 0 Å². The lowest BCUT2D eigenvalue weighted by molar-refractivity contribution is -0.123. The molecular weight excluding hydrogens is 424 g/mol. The summed E-state index contributed by atoms with van der Waals surface area (Å²) < 4.78 is 11.7. The summed E-state index contributed by atoms with van der Waals surface area (Å²) in [6.45, 7) is 3.90. The summed E-state index contributed by atoms with van der Waals surface area (Å²) in [5.41, 5.74) is 3.35. The van der Waals surface area contributed by atoms with Gasteiger partial charge >= 0.3 is 5.97 Å².